The number of nitrogens with zero attached hydrogens (tertiary/aromatic N) is 1. The Bertz CT molecular complexity index is 272. The fourth-order valence-corrected chi connectivity index (χ4v) is 1.99. The second-order valence-corrected chi connectivity index (χ2v) is 4.75. The number of nitrogens with one attached hydrogen (secondary N) is 3. The molecule has 1 aliphatic rings. The van der Waals surface area contributed by atoms with E-state index in [0.29, 0.717) is 19.5 Å². The van der Waals surface area contributed by atoms with Crippen LogP contribution in [0.15, 0.2) is 0 Å². The van der Waals surface area contributed by atoms with Crippen LogP contribution in [0, 0.1) is 0 Å². The molecule has 0 saturated carbocycles. The summed E-state index contributed by atoms with van der Waals surface area (Å²) in [7, 11) is 0. The van der Waals surface area contributed by atoms with E-state index in [1.807, 2.05) is 0 Å². The number of carbonyl (C=O) groups is 1. The van der Waals surface area contributed by atoms with Gasteiger partial charge in [0.15, 0.2) is 0 Å². The Balaban J connectivity index is 2.46. The predicted molar refractivity (Wildman–Crippen MR) is 70.5 cm³/mol. The minimum Gasteiger partial charge on any atom is -0.334 e. The smallest absolute Gasteiger partial charge is 0.334 e. The van der Waals surface area contributed by atoms with Crippen molar-refractivity contribution >= 4 is 5.91 Å². The topological polar surface area (TPSA) is 56.4 Å². The highest BCUT2D eigenvalue weighted by molar-refractivity contribution is 5.81. The molecule has 1 rings (SSSR count). The molecule has 5 nitrogen and oxygen atoms in total. The molecular formula is C12H23F3N4O. The van der Waals surface area contributed by atoms with E-state index in [9.17, 15) is 18.0 Å². The van der Waals surface area contributed by atoms with Crippen LogP contribution in [0.3, 0.4) is 0 Å². The van der Waals surface area contributed by atoms with Crippen LogP contribution < -0.4 is 16.0 Å². The van der Waals surface area contributed by atoms with E-state index in [1.165, 1.54) is 0 Å². The molecule has 0 aliphatic carbocycles. The highest BCUT2D eigenvalue weighted by atomic mass is 19.4. The van der Waals surface area contributed by atoms with Crippen molar-refractivity contribution in [1.82, 2.24) is 20.9 Å². The Labute approximate surface area is 117 Å². The van der Waals surface area contributed by atoms with Gasteiger partial charge in [0.25, 0.3) is 0 Å². The average molecular weight is 296 g/mol. The summed E-state index contributed by atoms with van der Waals surface area (Å²) in [6, 6.07) is 0. The van der Waals surface area contributed by atoms with Crippen molar-refractivity contribution in [2.24, 2.45) is 0 Å². The maximum atomic E-state index is 12.5. The Morgan fingerprint density at radius 2 is 1.35 bits per heavy atom. The molecule has 0 aromatic carbocycles. The van der Waals surface area contributed by atoms with Gasteiger partial charge in [-0.05, 0) is 32.5 Å². The second-order valence-electron chi connectivity index (χ2n) is 4.75. The van der Waals surface area contributed by atoms with Crippen LogP contribution in [-0.4, -0.2) is 69.3 Å². The molecule has 1 amide bonds. The molecule has 8 heteroatoms. The third kappa shape index (κ3) is 7.06. The van der Waals surface area contributed by atoms with Crippen LogP contribution in [-0.2, 0) is 4.79 Å². The SMILES string of the molecule is O=C(N1CCCNCCNCCCNCC1)C(F)(F)F. The molecule has 0 aromatic heterocycles. The maximum Gasteiger partial charge on any atom is 0.471 e. The third-order valence-corrected chi connectivity index (χ3v) is 3.06. The number of carbonyl (C=O) groups excluding carboxylic acids is 1. The van der Waals surface area contributed by atoms with Crippen LogP contribution >= 0.6 is 0 Å². The Morgan fingerprint density at radius 1 is 0.800 bits per heavy atom. The monoisotopic (exact) mass is 296 g/mol. The van der Waals surface area contributed by atoms with Gasteiger partial charge in [-0.1, -0.05) is 0 Å². The Hall–Kier alpha value is -0.860. The fourth-order valence-electron chi connectivity index (χ4n) is 1.99. The summed E-state index contributed by atoms with van der Waals surface area (Å²) in [5, 5.41) is 9.47. The van der Waals surface area contributed by atoms with Gasteiger partial charge in [-0.3, -0.25) is 4.79 Å². The van der Waals surface area contributed by atoms with Gasteiger partial charge in [-0.15, -0.1) is 0 Å². The van der Waals surface area contributed by atoms with Crippen molar-refractivity contribution in [1.29, 1.82) is 0 Å². The maximum absolute atomic E-state index is 12.5. The van der Waals surface area contributed by atoms with Crippen molar-refractivity contribution in [2.45, 2.75) is 19.0 Å². The molecule has 0 aromatic rings. The molecule has 118 valence electrons. The minimum atomic E-state index is -4.79. The summed E-state index contributed by atoms with van der Waals surface area (Å²) in [5.41, 5.74) is 0. The highest BCUT2D eigenvalue weighted by Gasteiger charge is 2.41. The van der Waals surface area contributed by atoms with E-state index in [2.05, 4.69) is 16.0 Å². The van der Waals surface area contributed by atoms with Gasteiger partial charge in [0.05, 0.1) is 0 Å². The van der Waals surface area contributed by atoms with Crippen LogP contribution in [0.2, 0.25) is 0 Å². The summed E-state index contributed by atoms with van der Waals surface area (Å²) in [6.45, 7) is 4.43. The van der Waals surface area contributed by atoms with E-state index in [0.717, 1.165) is 37.5 Å². The van der Waals surface area contributed by atoms with E-state index in [-0.39, 0.29) is 13.1 Å². The quantitative estimate of drug-likeness (QED) is 0.586. The molecule has 0 radical (unpaired) electrons. The number of amides is 1. The molecule has 3 N–H and O–H groups in total. The molecule has 0 spiro atoms. The summed E-state index contributed by atoms with van der Waals surface area (Å²) >= 11 is 0. The molecule has 1 fully saturated rings. The lowest BCUT2D eigenvalue weighted by molar-refractivity contribution is -0.185. The van der Waals surface area contributed by atoms with Crippen LogP contribution in [0.5, 0.6) is 0 Å². The largest absolute Gasteiger partial charge is 0.471 e. The lowest BCUT2D eigenvalue weighted by Gasteiger charge is -2.24. The average Bonchev–Trinajstić information content (AvgIpc) is 2.39. The van der Waals surface area contributed by atoms with E-state index in [1.54, 1.807) is 0 Å². The number of hydrogen-bond acceptors (Lipinski definition) is 4. The summed E-state index contributed by atoms with van der Waals surface area (Å²) in [5.74, 6) is -1.74. The molecular weight excluding hydrogens is 273 g/mol. The summed E-state index contributed by atoms with van der Waals surface area (Å²) in [6.07, 6.45) is -3.36. The molecule has 1 heterocycles. The zero-order chi connectivity index (χ0) is 14.8. The van der Waals surface area contributed by atoms with Gasteiger partial charge in [-0.25, -0.2) is 0 Å². The minimum absolute atomic E-state index is 0.0891. The van der Waals surface area contributed by atoms with Gasteiger partial charge < -0.3 is 20.9 Å². The Kier molecular flexibility index (Phi) is 7.86. The van der Waals surface area contributed by atoms with Crippen LogP contribution in [0.1, 0.15) is 12.8 Å². The highest BCUT2D eigenvalue weighted by Crippen LogP contribution is 2.18. The Morgan fingerprint density at radius 3 is 1.95 bits per heavy atom. The summed E-state index contributed by atoms with van der Waals surface area (Å²) < 4.78 is 37.4. The van der Waals surface area contributed by atoms with Gasteiger partial charge in [0.2, 0.25) is 0 Å². The zero-order valence-corrected chi connectivity index (χ0v) is 11.6. The molecule has 0 bridgehead atoms. The predicted octanol–water partition coefficient (Wildman–Crippen LogP) is -0.0601. The van der Waals surface area contributed by atoms with Crippen LogP contribution in [0.4, 0.5) is 13.2 Å². The van der Waals surface area contributed by atoms with E-state index >= 15 is 0 Å². The number of alkyl halides is 3. The van der Waals surface area contributed by atoms with Gasteiger partial charge in [0, 0.05) is 32.7 Å². The zero-order valence-electron chi connectivity index (χ0n) is 11.6. The van der Waals surface area contributed by atoms with Crippen molar-refractivity contribution in [3.8, 4) is 0 Å². The van der Waals surface area contributed by atoms with Crippen molar-refractivity contribution in [3.05, 3.63) is 0 Å². The first-order valence-electron chi connectivity index (χ1n) is 7.00. The standard InChI is InChI=1S/C12H23F3N4O/c13-12(14,15)11(20)19-9-2-5-17-7-6-16-3-1-4-18-8-10-19/h16-18H,1-10H2. The lowest BCUT2D eigenvalue weighted by atomic mass is 10.3. The molecule has 1 saturated heterocycles. The first-order valence-corrected chi connectivity index (χ1v) is 7.00. The lowest BCUT2D eigenvalue weighted by Crippen LogP contribution is -2.45. The fraction of sp³-hybridized carbons (Fsp3) is 0.917. The summed E-state index contributed by atoms with van der Waals surface area (Å²) in [4.78, 5) is 12.2. The third-order valence-electron chi connectivity index (χ3n) is 3.06. The number of rotatable bonds is 0. The van der Waals surface area contributed by atoms with Crippen molar-refractivity contribution in [3.63, 3.8) is 0 Å². The molecule has 20 heavy (non-hydrogen) atoms. The van der Waals surface area contributed by atoms with Crippen molar-refractivity contribution < 1.29 is 18.0 Å². The normalized spacial score (nSPS) is 21.2. The number of halogens is 3. The molecule has 0 atom stereocenters. The second kappa shape index (κ2) is 9.15. The van der Waals surface area contributed by atoms with E-state index in [4.69, 9.17) is 0 Å². The number of hydrogen-bond donors (Lipinski definition) is 3. The molecule has 0 unspecified atom stereocenters. The van der Waals surface area contributed by atoms with Crippen LogP contribution in [0.25, 0.3) is 0 Å². The molecule has 1 aliphatic heterocycles. The van der Waals surface area contributed by atoms with Gasteiger partial charge >= 0.3 is 12.1 Å². The van der Waals surface area contributed by atoms with Gasteiger partial charge in [-0.2, -0.15) is 13.2 Å². The first-order chi connectivity index (χ1) is 9.52. The van der Waals surface area contributed by atoms with E-state index < -0.39 is 12.1 Å². The first kappa shape index (κ1) is 17.2. The van der Waals surface area contributed by atoms with Crippen molar-refractivity contribution in [2.75, 3.05) is 52.4 Å². The van der Waals surface area contributed by atoms with Gasteiger partial charge in [0.1, 0.15) is 0 Å².